The predicted octanol–water partition coefficient (Wildman–Crippen LogP) is 0.408. The molecule has 0 spiro atoms. The van der Waals surface area contributed by atoms with Gasteiger partial charge in [0.25, 0.3) is 5.91 Å². The molecule has 0 saturated heterocycles. The average molecular weight is 616 g/mol. The first-order valence-corrected chi connectivity index (χ1v) is 11.2. The molecule has 1 unspecified atom stereocenters. The topological polar surface area (TPSA) is 236 Å². The van der Waals surface area contributed by atoms with Crippen molar-refractivity contribution in [3.05, 3.63) is 40.7 Å². The summed E-state index contributed by atoms with van der Waals surface area (Å²) in [6.45, 7) is 1.72. The molecule has 2 amide bonds. The molecule has 0 bridgehead atoms. The van der Waals surface area contributed by atoms with Gasteiger partial charge in [-0.25, -0.2) is 9.97 Å². The Labute approximate surface area is 244 Å². The largest absolute Gasteiger partial charge is 0.492 e. The van der Waals surface area contributed by atoms with Crippen molar-refractivity contribution in [2.75, 3.05) is 37.7 Å². The Morgan fingerprint density at radius 2 is 1.68 bits per heavy atom. The zero-order valence-electron chi connectivity index (χ0n) is 20.4. The van der Waals surface area contributed by atoms with E-state index in [1.807, 2.05) is 24.3 Å². The summed E-state index contributed by atoms with van der Waals surface area (Å²) in [6, 6.07) is 7.07. The van der Waals surface area contributed by atoms with Crippen molar-refractivity contribution < 1.29 is 14.3 Å². The summed E-state index contributed by atoms with van der Waals surface area (Å²) in [6.07, 6.45) is 2.50. The Bertz CT molecular complexity index is 1040. The molecule has 12 N–H and O–H groups in total. The highest BCUT2D eigenvalue weighted by atomic mass is 35.5. The minimum Gasteiger partial charge on any atom is -0.492 e. The van der Waals surface area contributed by atoms with E-state index in [2.05, 4.69) is 25.6 Å². The number of nitrogens with one attached hydrogen (secondary N) is 2. The number of carbonyl (C=O) groups excluding carboxylic acids is 2. The number of amides is 2. The van der Waals surface area contributed by atoms with Gasteiger partial charge >= 0.3 is 0 Å². The maximum absolute atomic E-state index is 12.2. The van der Waals surface area contributed by atoms with Crippen molar-refractivity contribution in [2.45, 2.75) is 25.3 Å². The van der Waals surface area contributed by atoms with Gasteiger partial charge in [-0.3, -0.25) is 19.9 Å². The minimum absolute atomic E-state index is 0. The van der Waals surface area contributed by atoms with Gasteiger partial charge in [-0.2, -0.15) is 0 Å². The van der Waals surface area contributed by atoms with Crippen LogP contribution in [0.25, 0.3) is 0 Å². The van der Waals surface area contributed by atoms with Crippen LogP contribution in [0, 0.1) is 0 Å². The highest BCUT2D eigenvalue weighted by Crippen LogP contribution is 2.17. The van der Waals surface area contributed by atoms with E-state index in [0.717, 1.165) is 30.6 Å². The standard InChI is InChI=1S/C21H31ClN10O3.3ClH/c22-16-18(25)31-17(24)15(30-16)20(34)32-21(27)29-8-2-1-3-12-4-6-13(7-5-12)35-10-9-28-11-14(23)19(26)33;;;/h4-7,14,28H,1-3,8-11,23H2,(H2,26,33)(H4,24,25,31)(H3,27,29,32,34);3*1H. The van der Waals surface area contributed by atoms with Crippen molar-refractivity contribution in [3.63, 3.8) is 0 Å². The number of guanidine groups is 1. The Hall–Kier alpha value is -2.81. The lowest BCUT2D eigenvalue weighted by Crippen LogP contribution is -2.45. The maximum Gasteiger partial charge on any atom is 0.280 e. The van der Waals surface area contributed by atoms with Crippen molar-refractivity contribution in [1.82, 2.24) is 20.6 Å². The quantitative estimate of drug-likeness (QED) is 0.0930. The summed E-state index contributed by atoms with van der Waals surface area (Å²) in [7, 11) is 0. The number of nitrogens with two attached hydrogens (primary N) is 5. The smallest absolute Gasteiger partial charge is 0.280 e. The van der Waals surface area contributed by atoms with E-state index in [9.17, 15) is 9.59 Å². The number of nitrogens with zero attached hydrogens (tertiary/aromatic N) is 3. The molecular weight excluding hydrogens is 582 g/mol. The predicted molar refractivity (Wildman–Crippen MR) is 156 cm³/mol. The average Bonchev–Trinajstić information content (AvgIpc) is 2.81. The Kier molecular flexibility index (Phi) is 19.0. The van der Waals surface area contributed by atoms with Crippen LogP contribution in [0.15, 0.2) is 29.3 Å². The highest BCUT2D eigenvalue weighted by molar-refractivity contribution is 6.31. The van der Waals surface area contributed by atoms with Crippen LogP contribution in [0.2, 0.25) is 5.15 Å². The fraction of sp³-hybridized carbons (Fsp3) is 0.381. The number of nitrogen functional groups attached to an aromatic ring is 2. The second kappa shape index (κ2) is 19.3. The molecule has 0 radical (unpaired) electrons. The number of benzene rings is 1. The normalized spacial score (nSPS) is 11.3. The summed E-state index contributed by atoms with van der Waals surface area (Å²) in [5.74, 6) is -0.758. The van der Waals surface area contributed by atoms with E-state index in [-0.39, 0.29) is 65.7 Å². The van der Waals surface area contributed by atoms with E-state index < -0.39 is 17.9 Å². The number of anilines is 2. The molecule has 1 heterocycles. The van der Waals surface area contributed by atoms with Crippen LogP contribution in [0.5, 0.6) is 5.75 Å². The third kappa shape index (κ3) is 13.1. The number of hydrogen-bond acceptors (Lipinski definition) is 10. The number of aromatic nitrogens is 2. The monoisotopic (exact) mass is 614 g/mol. The molecule has 0 fully saturated rings. The van der Waals surface area contributed by atoms with E-state index >= 15 is 0 Å². The lowest BCUT2D eigenvalue weighted by Gasteiger charge is -2.10. The van der Waals surface area contributed by atoms with Crippen LogP contribution in [0.1, 0.15) is 28.9 Å². The molecule has 1 aromatic carbocycles. The van der Waals surface area contributed by atoms with Gasteiger partial charge in [0.2, 0.25) is 5.91 Å². The molecule has 0 aliphatic carbocycles. The zero-order valence-corrected chi connectivity index (χ0v) is 23.6. The number of primary amides is 1. The van der Waals surface area contributed by atoms with E-state index in [1.54, 1.807) is 0 Å². The third-order valence-electron chi connectivity index (χ3n) is 4.72. The molecule has 214 valence electrons. The number of unbranched alkanes of at least 4 members (excludes halogenated alkanes) is 1. The number of aliphatic imine (C=N–C) groups is 1. The van der Waals surface area contributed by atoms with E-state index in [0.29, 0.717) is 26.2 Å². The molecule has 0 saturated carbocycles. The van der Waals surface area contributed by atoms with E-state index in [1.165, 1.54) is 0 Å². The van der Waals surface area contributed by atoms with Gasteiger partial charge in [0.1, 0.15) is 12.4 Å². The van der Waals surface area contributed by atoms with Gasteiger partial charge in [0, 0.05) is 19.6 Å². The fourth-order valence-corrected chi connectivity index (χ4v) is 2.94. The first-order valence-electron chi connectivity index (χ1n) is 10.8. The van der Waals surface area contributed by atoms with Crippen molar-refractivity contribution in [2.24, 2.45) is 22.2 Å². The van der Waals surface area contributed by atoms with Gasteiger partial charge in [-0.05, 0) is 37.0 Å². The molecule has 1 atom stereocenters. The molecule has 38 heavy (non-hydrogen) atoms. The van der Waals surface area contributed by atoms with E-state index in [4.69, 9.17) is 45.0 Å². The Morgan fingerprint density at radius 1 is 1.03 bits per heavy atom. The summed E-state index contributed by atoms with van der Waals surface area (Å²) in [4.78, 5) is 34.7. The van der Waals surface area contributed by atoms with Crippen LogP contribution in [0.3, 0.4) is 0 Å². The van der Waals surface area contributed by atoms with Gasteiger partial charge in [0.15, 0.2) is 28.4 Å². The number of carbonyl (C=O) groups is 2. The van der Waals surface area contributed by atoms with Gasteiger partial charge < -0.3 is 38.7 Å². The molecule has 0 aliphatic rings. The molecule has 2 aromatic rings. The Balaban J connectivity index is 0. The lowest BCUT2D eigenvalue weighted by molar-refractivity contribution is -0.119. The summed E-state index contributed by atoms with van der Waals surface area (Å²) in [5, 5.41) is 5.28. The van der Waals surface area contributed by atoms with Gasteiger partial charge in [-0.15, -0.1) is 37.2 Å². The molecule has 1 aromatic heterocycles. The third-order valence-corrected chi connectivity index (χ3v) is 5.00. The van der Waals surface area contributed by atoms with Gasteiger partial charge in [0.05, 0.1) is 6.04 Å². The number of halogens is 4. The fourth-order valence-electron chi connectivity index (χ4n) is 2.82. The summed E-state index contributed by atoms with van der Waals surface area (Å²) in [5.41, 5.74) is 28.5. The molecule has 2 rings (SSSR count). The minimum atomic E-state index is -0.710. The first-order chi connectivity index (χ1) is 16.7. The van der Waals surface area contributed by atoms with Crippen molar-refractivity contribution in [1.29, 1.82) is 0 Å². The SMILES string of the molecule is Cl.Cl.Cl.NC(=O)C(N)CNCCOc1ccc(CCCCN=C(N)NC(=O)c2nc(Cl)c(N)nc2N)cc1. The van der Waals surface area contributed by atoms with Crippen LogP contribution in [0.4, 0.5) is 11.6 Å². The molecule has 13 nitrogen and oxygen atoms in total. The molecule has 0 aliphatic heterocycles. The zero-order chi connectivity index (χ0) is 25.8. The van der Waals surface area contributed by atoms with Crippen LogP contribution in [-0.2, 0) is 11.2 Å². The van der Waals surface area contributed by atoms with Crippen LogP contribution in [-0.4, -0.2) is 60.0 Å². The molecular formula is C21H34Cl4N10O3. The molecule has 17 heteroatoms. The van der Waals surface area contributed by atoms with Gasteiger partial charge in [-0.1, -0.05) is 23.7 Å². The number of rotatable bonds is 13. The first kappa shape index (κ1) is 37.3. The summed E-state index contributed by atoms with van der Waals surface area (Å²) >= 11 is 5.77. The number of hydrogen-bond donors (Lipinski definition) is 7. The Morgan fingerprint density at radius 3 is 2.32 bits per heavy atom. The van der Waals surface area contributed by atoms with Crippen LogP contribution >= 0.6 is 48.8 Å². The van der Waals surface area contributed by atoms with Crippen LogP contribution < -0.4 is 44.0 Å². The highest BCUT2D eigenvalue weighted by Gasteiger charge is 2.16. The second-order valence-corrected chi connectivity index (χ2v) is 7.88. The maximum atomic E-state index is 12.2. The van der Waals surface area contributed by atoms with Crippen molar-refractivity contribution >= 4 is 78.2 Å². The summed E-state index contributed by atoms with van der Waals surface area (Å²) < 4.78 is 5.64. The number of ether oxygens (including phenoxy) is 1. The second-order valence-electron chi connectivity index (χ2n) is 7.52. The van der Waals surface area contributed by atoms with Crippen molar-refractivity contribution in [3.8, 4) is 5.75 Å². The lowest BCUT2D eigenvalue weighted by atomic mass is 10.1. The number of aryl methyl sites for hydroxylation is 1.